The molecule has 1 amide bonds. The highest BCUT2D eigenvalue weighted by Crippen LogP contribution is 2.06. The zero-order valence-corrected chi connectivity index (χ0v) is 11.2. The van der Waals surface area contributed by atoms with Crippen LogP contribution in [0.15, 0.2) is 6.07 Å². The Kier molecular flexibility index (Phi) is 4.88. The number of methoxy groups -OCH3 is 1. The fourth-order valence-electron chi connectivity index (χ4n) is 1.57. The maximum atomic E-state index is 12.0. The quantitative estimate of drug-likeness (QED) is 0.786. The van der Waals surface area contributed by atoms with E-state index in [1.807, 2.05) is 13.8 Å². The normalized spacial score (nSPS) is 12.0. The van der Waals surface area contributed by atoms with Crippen molar-refractivity contribution in [2.75, 3.05) is 7.11 Å². The molecule has 1 atom stereocenters. The number of aryl methyl sites for hydroxylation is 2. The molecule has 0 fully saturated rings. The predicted octanol–water partition coefficient (Wildman–Crippen LogP) is 0.757. The van der Waals surface area contributed by atoms with Crippen LogP contribution in [0.1, 0.15) is 37.0 Å². The minimum absolute atomic E-state index is 0.318. The topological polar surface area (TPSA) is 73.2 Å². The average Bonchev–Trinajstić information content (AvgIpc) is 2.80. The molecule has 0 spiro atoms. The first kappa shape index (κ1) is 14.2. The van der Waals surface area contributed by atoms with Gasteiger partial charge in [0.05, 0.1) is 12.8 Å². The van der Waals surface area contributed by atoms with Gasteiger partial charge in [0.15, 0.2) is 0 Å². The van der Waals surface area contributed by atoms with E-state index in [0.717, 1.165) is 12.1 Å². The molecule has 6 nitrogen and oxygen atoms in total. The molecular formula is C12H19N3O3. The third-order valence-corrected chi connectivity index (χ3v) is 2.63. The van der Waals surface area contributed by atoms with Crippen molar-refractivity contribution in [1.29, 1.82) is 0 Å². The highest BCUT2D eigenvalue weighted by molar-refractivity contribution is 5.95. The van der Waals surface area contributed by atoms with Crippen molar-refractivity contribution < 1.29 is 14.3 Å². The number of carbonyl (C=O) groups excluding carboxylic acids is 2. The lowest BCUT2D eigenvalue weighted by Gasteiger charge is -2.11. The number of hydrogen-bond donors (Lipinski definition) is 1. The Balaban J connectivity index is 2.83. The van der Waals surface area contributed by atoms with Gasteiger partial charge in [-0.3, -0.25) is 9.48 Å². The van der Waals surface area contributed by atoms with Crippen molar-refractivity contribution in [2.45, 2.75) is 39.8 Å². The molecule has 0 aliphatic carbocycles. The van der Waals surface area contributed by atoms with Gasteiger partial charge >= 0.3 is 5.97 Å². The molecule has 1 heterocycles. The van der Waals surface area contributed by atoms with Gasteiger partial charge in [-0.05, 0) is 26.3 Å². The van der Waals surface area contributed by atoms with Gasteiger partial charge in [0.25, 0.3) is 5.91 Å². The Labute approximate surface area is 106 Å². The summed E-state index contributed by atoms with van der Waals surface area (Å²) in [5.41, 5.74) is 1.32. The summed E-state index contributed by atoms with van der Waals surface area (Å²) in [7, 11) is 1.29. The first-order valence-corrected chi connectivity index (χ1v) is 5.98. The lowest BCUT2D eigenvalue weighted by Crippen LogP contribution is -2.40. The molecule has 1 N–H and O–H groups in total. The van der Waals surface area contributed by atoms with Crippen molar-refractivity contribution in [2.24, 2.45) is 0 Å². The Hall–Kier alpha value is -1.85. The number of carbonyl (C=O) groups is 2. The van der Waals surface area contributed by atoms with E-state index in [2.05, 4.69) is 15.2 Å². The Morgan fingerprint density at radius 1 is 1.50 bits per heavy atom. The van der Waals surface area contributed by atoms with Gasteiger partial charge in [-0.15, -0.1) is 0 Å². The molecule has 0 aliphatic rings. The van der Waals surface area contributed by atoms with E-state index in [-0.39, 0.29) is 5.91 Å². The van der Waals surface area contributed by atoms with E-state index in [0.29, 0.717) is 12.2 Å². The number of nitrogens with zero attached hydrogens (tertiary/aromatic N) is 2. The van der Waals surface area contributed by atoms with Crippen LogP contribution >= 0.6 is 0 Å². The molecule has 0 aromatic carbocycles. The van der Waals surface area contributed by atoms with E-state index >= 15 is 0 Å². The molecule has 1 aromatic rings. The van der Waals surface area contributed by atoms with Crippen LogP contribution in [0.4, 0.5) is 0 Å². The standard InChI is InChI=1S/C12H19N3O3/c1-5-9-7-10(15(6-2)14-9)11(16)13-8(3)12(17)18-4/h7-8H,5-6H2,1-4H3,(H,13,16)/t8-/m0/s1. The molecule has 0 bridgehead atoms. The van der Waals surface area contributed by atoms with Crippen molar-refractivity contribution in [3.05, 3.63) is 17.5 Å². The predicted molar refractivity (Wildman–Crippen MR) is 66.2 cm³/mol. The molecule has 0 saturated heterocycles. The van der Waals surface area contributed by atoms with Crippen LogP contribution in [-0.2, 0) is 22.5 Å². The average molecular weight is 253 g/mol. The summed E-state index contributed by atoms with van der Waals surface area (Å²) in [5, 5.41) is 6.86. The summed E-state index contributed by atoms with van der Waals surface area (Å²) < 4.78 is 6.18. The van der Waals surface area contributed by atoms with Crippen molar-refractivity contribution in [1.82, 2.24) is 15.1 Å². The molecule has 100 valence electrons. The molecule has 0 aliphatic heterocycles. The van der Waals surface area contributed by atoms with Crippen LogP contribution in [-0.4, -0.2) is 34.8 Å². The number of esters is 1. The summed E-state index contributed by atoms with van der Waals surface area (Å²) >= 11 is 0. The first-order valence-electron chi connectivity index (χ1n) is 5.98. The van der Waals surface area contributed by atoms with Crippen LogP contribution in [0.25, 0.3) is 0 Å². The van der Waals surface area contributed by atoms with Gasteiger partial charge in [0.2, 0.25) is 0 Å². The molecular weight excluding hydrogens is 234 g/mol. The lowest BCUT2D eigenvalue weighted by molar-refractivity contribution is -0.142. The number of hydrogen-bond acceptors (Lipinski definition) is 4. The minimum atomic E-state index is -0.673. The van der Waals surface area contributed by atoms with Gasteiger partial charge in [-0.1, -0.05) is 6.92 Å². The molecule has 1 rings (SSSR count). The number of amides is 1. The van der Waals surface area contributed by atoms with Crippen LogP contribution in [0.5, 0.6) is 0 Å². The van der Waals surface area contributed by atoms with Gasteiger partial charge in [0, 0.05) is 6.54 Å². The SMILES string of the molecule is CCc1cc(C(=O)N[C@@H](C)C(=O)OC)n(CC)n1. The monoisotopic (exact) mass is 253 g/mol. The highest BCUT2D eigenvalue weighted by atomic mass is 16.5. The maximum Gasteiger partial charge on any atom is 0.328 e. The van der Waals surface area contributed by atoms with Crippen LogP contribution in [0, 0.1) is 0 Å². The molecule has 1 aromatic heterocycles. The molecule has 0 radical (unpaired) electrons. The zero-order valence-electron chi connectivity index (χ0n) is 11.2. The van der Waals surface area contributed by atoms with Crippen LogP contribution in [0.2, 0.25) is 0 Å². The van der Waals surface area contributed by atoms with E-state index in [4.69, 9.17) is 0 Å². The highest BCUT2D eigenvalue weighted by Gasteiger charge is 2.20. The van der Waals surface area contributed by atoms with Crippen molar-refractivity contribution in [3.8, 4) is 0 Å². The Morgan fingerprint density at radius 2 is 2.17 bits per heavy atom. The van der Waals surface area contributed by atoms with Crippen LogP contribution in [0.3, 0.4) is 0 Å². The summed E-state index contributed by atoms with van der Waals surface area (Å²) in [5.74, 6) is -0.788. The largest absolute Gasteiger partial charge is 0.467 e. The van der Waals surface area contributed by atoms with Gasteiger partial charge in [0.1, 0.15) is 11.7 Å². The fourth-order valence-corrected chi connectivity index (χ4v) is 1.57. The summed E-state index contributed by atoms with van der Waals surface area (Å²) in [4.78, 5) is 23.2. The minimum Gasteiger partial charge on any atom is -0.467 e. The second kappa shape index (κ2) is 6.18. The number of ether oxygens (including phenoxy) is 1. The zero-order chi connectivity index (χ0) is 13.7. The smallest absolute Gasteiger partial charge is 0.328 e. The molecule has 18 heavy (non-hydrogen) atoms. The number of aromatic nitrogens is 2. The maximum absolute atomic E-state index is 12.0. The molecule has 6 heteroatoms. The van der Waals surface area contributed by atoms with Gasteiger partial charge in [-0.25, -0.2) is 4.79 Å². The van der Waals surface area contributed by atoms with Crippen LogP contribution < -0.4 is 5.32 Å². The lowest BCUT2D eigenvalue weighted by atomic mass is 10.2. The summed E-state index contributed by atoms with van der Waals surface area (Å²) in [6.07, 6.45) is 0.764. The van der Waals surface area contributed by atoms with E-state index in [9.17, 15) is 9.59 Å². The van der Waals surface area contributed by atoms with E-state index < -0.39 is 12.0 Å². The van der Waals surface area contributed by atoms with Gasteiger partial charge < -0.3 is 10.1 Å². The van der Waals surface area contributed by atoms with E-state index in [1.165, 1.54) is 7.11 Å². The third kappa shape index (κ3) is 3.09. The third-order valence-electron chi connectivity index (χ3n) is 2.63. The van der Waals surface area contributed by atoms with Crippen molar-refractivity contribution in [3.63, 3.8) is 0 Å². The second-order valence-electron chi connectivity index (χ2n) is 3.91. The Morgan fingerprint density at radius 3 is 2.67 bits per heavy atom. The first-order chi connectivity index (χ1) is 8.53. The summed E-state index contributed by atoms with van der Waals surface area (Å²) in [6.45, 7) is 6.07. The van der Waals surface area contributed by atoms with Crippen molar-refractivity contribution >= 4 is 11.9 Å². The van der Waals surface area contributed by atoms with Gasteiger partial charge in [-0.2, -0.15) is 5.10 Å². The Bertz CT molecular complexity index is 440. The second-order valence-corrected chi connectivity index (χ2v) is 3.91. The molecule has 0 unspecified atom stereocenters. The number of rotatable bonds is 5. The number of nitrogens with one attached hydrogen (secondary N) is 1. The molecule has 0 saturated carbocycles. The van der Waals surface area contributed by atoms with E-state index in [1.54, 1.807) is 17.7 Å². The fraction of sp³-hybridized carbons (Fsp3) is 0.583. The summed E-state index contributed by atoms with van der Waals surface area (Å²) in [6, 6.07) is 1.07.